The molecule has 0 aromatic carbocycles. The van der Waals surface area contributed by atoms with Crippen molar-refractivity contribution in [3.8, 4) is 11.3 Å². The van der Waals surface area contributed by atoms with Crippen LogP contribution in [-0.2, 0) is 0 Å². The average molecular weight is 249 g/mol. The lowest BCUT2D eigenvalue weighted by Gasteiger charge is -2.02. The second-order valence-electron chi connectivity index (χ2n) is 4.41. The van der Waals surface area contributed by atoms with Crippen molar-refractivity contribution in [1.82, 2.24) is 19.4 Å². The molecule has 4 rings (SSSR count). The van der Waals surface area contributed by atoms with Crippen LogP contribution in [0.5, 0.6) is 0 Å². The van der Waals surface area contributed by atoms with Gasteiger partial charge in [0.1, 0.15) is 11.3 Å². The number of H-pyrrole nitrogens is 1. The molecule has 0 amide bonds. The van der Waals surface area contributed by atoms with Crippen LogP contribution in [0, 0.1) is 0 Å². The second kappa shape index (κ2) is 3.58. The Morgan fingerprint density at radius 1 is 1.21 bits per heavy atom. The minimum Gasteiger partial charge on any atom is -0.382 e. The molecular formula is C14H11N5. The highest BCUT2D eigenvalue weighted by molar-refractivity contribution is 5.84. The van der Waals surface area contributed by atoms with Crippen molar-refractivity contribution in [2.75, 3.05) is 5.73 Å². The summed E-state index contributed by atoms with van der Waals surface area (Å²) >= 11 is 0. The van der Waals surface area contributed by atoms with Crippen molar-refractivity contribution >= 4 is 22.5 Å². The van der Waals surface area contributed by atoms with Crippen LogP contribution in [0.25, 0.3) is 27.9 Å². The Morgan fingerprint density at radius 2 is 2.16 bits per heavy atom. The number of nitrogen functional groups attached to an aromatic ring is 1. The number of rotatable bonds is 1. The average Bonchev–Trinajstić information content (AvgIpc) is 3.00. The first-order valence-electron chi connectivity index (χ1n) is 5.99. The molecule has 92 valence electrons. The quantitative estimate of drug-likeness (QED) is 0.544. The molecule has 0 aliphatic rings. The third-order valence-electron chi connectivity index (χ3n) is 3.23. The molecule has 4 aromatic heterocycles. The lowest BCUT2D eigenvalue weighted by atomic mass is 10.2. The van der Waals surface area contributed by atoms with E-state index in [-0.39, 0.29) is 0 Å². The van der Waals surface area contributed by atoms with Gasteiger partial charge < -0.3 is 10.7 Å². The molecule has 0 bridgehead atoms. The molecule has 0 atom stereocenters. The summed E-state index contributed by atoms with van der Waals surface area (Å²) in [6.07, 6.45) is 5.64. The van der Waals surface area contributed by atoms with E-state index in [1.165, 1.54) is 0 Å². The molecule has 5 heteroatoms. The maximum Gasteiger partial charge on any atom is 0.150 e. The van der Waals surface area contributed by atoms with Gasteiger partial charge in [-0.05, 0) is 24.3 Å². The van der Waals surface area contributed by atoms with E-state index in [1.807, 2.05) is 47.3 Å². The maximum atomic E-state index is 6.04. The van der Waals surface area contributed by atoms with Crippen molar-refractivity contribution in [3.63, 3.8) is 0 Å². The summed E-state index contributed by atoms with van der Waals surface area (Å²) in [6, 6.07) is 9.89. The van der Waals surface area contributed by atoms with E-state index in [0.29, 0.717) is 5.82 Å². The van der Waals surface area contributed by atoms with Gasteiger partial charge in [0.15, 0.2) is 5.82 Å². The topological polar surface area (TPSA) is 72.0 Å². The summed E-state index contributed by atoms with van der Waals surface area (Å²) in [5.41, 5.74) is 9.59. The summed E-state index contributed by atoms with van der Waals surface area (Å²) < 4.78 is 1.98. The first kappa shape index (κ1) is 10.1. The summed E-state index contributed by atoms with van der Waals surface area (Å²) in [6.45, 7) is 0. The fraction of sp³-hybridized carbons (Fsp3) is 0. The first-order valence-corrected chi connectivity index (χ1v) is 5.99. The highest BCUT2D eigenvalue weighted by atomic mass is 15.1. The van der Waals surface area contributed by atoms with E-state index in [1.54, 1.807) is 0 Å². The number of anilines is 1. The molecule has 3 N–H and O–H groups in total. The predicted octanol–water partition coefficient (Wildman–Crippen LogP) is 2.46. The van der Waals surface area contributed by atoms with Gasteiger partial charge in [0.05, 0.1) is 5.69 Å². The summed E-state index contributed by atoms with van der Waals surface area (Å²) in [5.74, 6) is 0.517. The van der Waals surface area contributed by atoms with Crippen molar-refractivity contribution in [3.05, 3.63) is 48.9 Å². The standard InChI is InChI=1S/C14H11N5/c15-13-12(19-6-2-1-3-11(19)18-13)10-7-9-4-5-16-14(9)17-8-10/h1-8H,15H2,(H,16,17). The van der Waals surface area contributed by atoms with Crippen molar-refractivity contribution in [2.24, 2.45) is 0 Å². The van der Waals surface area contributed by atoms with Crippen LogP contribution in [0.2, 0.25) is 0 Å². The normalized spacial score (nSPS) is 11.4. The Balaban J connectivity index is 2.05. The number of hydrogen-bond donors (Lipinski definition) is 2. The molecule has 0 aliphatic heterocycles. The SMILES string of the molecule is Nc1nc2ccccn2c1-c1cnc2[nH]ccc2c1. The van der Waals surface area contributed by atoms with Crippen molar-refractivity contribution in [1.29, 1.82) is 0 Å². The molecule has 0 saturated heterocycles. The number of nitrogens with two attached hydrogens (primary N) is 1. The summed E-state index contributed by atoms with van der Waals surface area (Å²) in [7, 11) is 0. The minimum atomic E-state index is 0.517. The number of nitrogens with one attached hydrogen (secondary N) is 1. The van der Waals surface area contributed by atoms with Crippen LogP contribution < -0.4 is 5.73 Å². The molecule has 0 unspecified atom stereocenters. The molecule has 0 saturated carbocycles. The Kier molecular flexibility index (Phi) is 1.91. The van der Waals surface area contributed by atoms with E-state index < -0.39 is 0 Å². The highest BCUT2D eigenvalue weighted by Crippen LogP contribution is 2.28. The molecule has 0 spiro atoms. The number of nitrogens with zero attached hydrogens (tertiary/aromatic N) is 3. The molecule has 0 fully saturated rings. The third kappa shape index (κ3) is 1.41. The van der Waals surface area contributed by atoms with Crippen LogP contribution in [0.4, 0.5) is 5.82 Å². The number of pyridine rings is 2. The fourth-order valence-electron chi connectivity index (χ4n) is 2.37. The van der Waals surface area contributed by atoms with Crippen LogP contribution in [-0.4, -0.2) is 19.4 Å². The number of aromatic nitrogens is 4. The van der Waals surface area contributed by atoms with E-state index >= 15 is 0 Å². The van der Waals surface area contributed by atoms with Gasteiger partial charge in [0.25, 0.3) is 0 Å². The van der Waals surface area contributed by atoms with Gasteiger partial charge in [-0.25, -0.2) is 9.97 Å². The number of hydrogen-bond acceptors (Lipinski definition) is 3. The summed E-state index contributed by atoms with van der Waals surface area (Å²) in [4.78, 5) is 11.8. The van der Waals surface area contributed by atoms with Gasteiger partial charge in [-0.15, -0.1) is 0 Å². The Hall–Kier alpha value is -2.82. The lowest BCUT2D eigenvalue weighted by molar-refractivity contribution is 1.19. The van der Waals surface area contributed by atoms with Gasteiger partial charge in [-0.3, -0.25) is 4.40 Å². The second-order valence-corrected chi connectivity index (χ2v) is 4.41. The monoisotopic (exact) mass is 249 g/mol. The first-order chi connectivity index (χ1) is 9.33. The molecule has 5 nitrogen and oxygen atoms in total. The number of aromatic amines is 1. The third-order valence-corrected chi connectivity index (χ3v) is 3.23. The highest BCUT2D eigenvalue weighted by Gasteiger charge is 2.12. The van der Waals surface area contributed by atoms with Gasteiger partial charge in [0, 0.05) is 29.5 Å². The number of fused-ring (bicyclic) bond motifs is 2. The Labute approximate surface area is 108 Å². The molecule has 0 aliphatic carbocycles. The minimum absolute atomic E-state index is 0.517. The van der Waals surface area contributed by atoms with E-state index in [4.69, 9.17) is 5.73 Å². The largest absolute Gasteiger partial charge is 0.382 e. The van der Waals surface area contributed by atoms with Crippen LogP contribution in [0.3, 0.4) is 0 Å². The Bertz CT molecular complexity index is 887. The maximum absolute atomic E-state index is 6.04. The smallest absolute Gasteiger partial charge is 0.150 e. The van der Waals surface area contributed by atoms with E-state index in [0.717, 1.165) is 27.9 Å². The van der Waals surface area contributed by atoms with E-state index in [9.17, 15) is 0 Å². The fourth-order valence-corrected chi connectivity index (χ4v) is 2.37. The van der Waals surface area contributed by atoms with Gasteiger partial charge in [0.2, 0.25) is 0 Å². The number of imidazole rings is 1. The van der Waals surface area contributed by atoms with Gasteiger partial charge in [-0.1, -0.05) is 6.07 Å². The van der Waals surface area contributed by atoms with Crippen molar-refractivity contribution in [2.45, 2.75) is 0 Å². The van der Waals surface area contributed by atoms with Crippen LogP contribution >= 0.6 is 0 Å². The van der Waals surface area contributed by atoms with E-state index in [2.05, 4.69) is 21.0 Å². The van der Waals surface area contributed by atoms with Gasteiger partial charge in [-0.2, -0.15) is 0 Å². The zero-order chi connectivity index (χ0) is 12.8. The van der Waals surface area contributed by atoms with Crippen LogP contribution in [0.1, 0.15) is 0 Å². The molecule has 19 heavy (non-hydrogen) atoms. The Morgan fingerprint density at radius 3 is 3.11 bits per heavy atom. The van der Waals surface area contributed by atoms with Crippen molar-refractivity contribution < 1.29 is 0 Å². The molecule has 4 heterocycles. The molecule has 4 aromatic rings. The van der Waals surface area contributed by atoms with Gasteiger partial charge >= 0.3 is 0 Å². The predicted molar refractivity (Wildman–Crippen MR) is 74.7 cm³/mol. The molecular weight excluding hydrogens is 238 g/mol. The molecule has 0 radical (unpaired) electrons. The summed E-state index contributed by atoms with van der Waals surface area (Å²) in [5, 5.41) is 1.06. The lowest BCUT2D eigenvalue weighted by Crippen LogP contribution is -1.92. The zero-order valence-electron chi connectivity index (χ0n) is 10.0. The van der Waals surface area contributed by atoms with Crippen LogP contribution in [0.15, 0.2) is 48.9 Å². The zero-order valence-corrected chi connectivity index (χ0v) is 10.0.